The SMILES string of the molecule is CCOC(C)=O.CCOC(C)=O.CCOC(C)=O.CCOC(C)=O.CCOC(C)=O.CCOC(C)=O.CCOC(C)=O.Cc1cc2c(s1)-c1sc(-c3ccc(C)c4nsnc34)cc1C2(C)C.Cc1ccc2c(c1)C(C)(C)c1cc(-c3ccc(C)c4nsnc34)ccc1-2.Cc1ccc2c(c1)[Si](C)(C)c1cc(-c3ccc(C)c4nsnc34)ccc1-2.Cc1ccc2c3ccc(-c4ccc(C)c5nsnc45)cc3n(C)c2c1. The van der Waals surface area contributed by atoms with Gasteiger partial charge in [-0.3, -0.25) is 33.6 Å². The number of hydrogen-bond acceptors (Lipinski definition) is 28. The Kier molecular flexibility index (Phi) is 39.5. The van der Waals surface area contributed by atoms with Gasteiger partial charge in [-0.15, -0.1) is 22.7 Å². The number of aryl methyl sites for hydroxylation is 9. The minimum atomic E-state index is -1.67. The van der Waals surface area contributed by atoms with E-state index in [1.165, 1.54) is 259 Å². The van der Waals surface area contributed by atoms with E-state index in [0.717, 1.165) is 49.7 Å². The van der Waals surface area contributed by atoms with Crippen LogP contribution >= 0.6 is 69.6 Å². The van der Waals surface area contributed by atoms with Crippen molar-refractivity contribution in [3.05, 3.63) is 236 Å². The fraction of sp³-hybridized carbons (Fsp3) is 0.336. The average Bonchev–Trinajstić information content (AvgIpc) is 1.57. The Balaban J connectivity index is 0.000000173. The molecule has 1 aliphatic heterocycles. The quantitative estimate of drug-likeness (QED) is 0.0660. The second-order valence-corrected chi connectivity index (χ2v) is 44.5. The van der Waals surface area contributed by atoms with E-state index in [0.29, 0.717) is 46.2 Å². The van der Waals surface area contributed by atoms with Gasteiger partial charge >= 0.3 is 41.8 Å². The van der Waals surface area contributed by atoms with Gasteiger partial charge in [0.05, 0.1) is 93.2 Å². The second-order valence-electron chi connectivity index (χ2n) is 35.8. The molecule has 0 atom stereocenters. The van der Waals surface area contributed by atoms with Crippen molar-refractivity contribution in [3.8, 4) is 75.8 Å². The molecule has 0 fully saturated rings. The number of hydrogen-bond donors (Lipinski definition) is 0. The maximum absolute atomic E-state index is 9.82. The lowest BCUT2D eigenvalue weighted by Crippen LogP contribution is -2.49. The van der Waals surface area contributed by atoms with Crippen LogP contribution in [0.1, 0.15) is 191 Å². The molecule has 0 saturated carbocycles. The molecule has 143 heavy (non-hydrogen) atoms. The normalized spacial score (nSPS) is 12.1. The molecule has 750 valence electrons. The summed E-state index contributed by atoms with van der Waals surface area (Å²) < 4.78 is 69.2. The summed E-state index contributed by atoms with van der Waals surface area (Å²) in [4.78, 5) is 74.4. The molecule has 23 nitrogen and oxygen atoms in total. The fourth-order valence-corrected chi connectivity index (χ4v) is 25.6. The van der Waals surface area contributed by atoms with Crippen LogP contribution in [0.5, 0.6) is 0 Å². The molecule has 0 radical (unpaired) electrons. The third-order valence-corrected chi connectivity index (χ3v) is 32.1. The van der Waals surface area contributed by atoms with Gasteiger partial charge in [0.1, 0.15) is 52.2 Å². The average molecular weight is 2060 g/mol. The minimum Gasteiger partial charge on any atom is -0.466 e. The zero-order valence-electron chi connectivity index (χ0n) is 87.3. The Morgan fingerprint density at radius 2 is 0.573 bits per heavy atom. The zero-order valence-corrected chi connectivity index (χ0v) is 93.2. The van der Waals surface area contributed by atoms with Gasteiger partial charge in [-0.1, -0.05) is 191 Å². The van der Waals surface area contributed by atoms with Crippen LogP contribution in [0.3, 0.4) is 0 Å². The molecule has 0 amide bonds. The van der Waals surface area contributed by atoms with Crippen LogP contribution < -0.4 is 10.4 Å². The van der Waals surface area contributed by atoms with Crippen molar-refractivity contribution in [2.45, 2.75) is 204 Å². The molecular formula is C113H129N9O14S6Si. The van der Waals surface area contributed by atoms with Crippen molar-refractivity contribution < 1.29 is 66.7 Å². The Hall–Kier alpha value is -12.8. The van der Waals surface area contributed by atoms with Crippen LogP contribution in [0.2, 0.25) is 13.1 Å². The number of rotatable bonds is 11. The maximum Gasteiger partial charge on any atom is 0.302 e. The van der Waals surface area contributed by atoms with E-state index in [1.807, 2.05) is 22.7 Å². The number of benzene rings is 10. The predicted molar refractivity (Wildman–Crippen MR) is 593 cm³/mol. The molecular weight excluding hydrogens is 1930 g/mol. The number of aromatic nitrogens is 9. The van der Waals surface area contributed by atoms with E-state index in [2.05, 4.69) is 346 Å². The van der Waals surface area contributed by atoms with Crippen LogP contribution in [-0.4, -0.2) is 136 Å². The molecule has 10 aromatic carbocycles. The van der Waals surface area contributed by atoms with Gasteiger partial charge in [0, 0.05) is 130 Å². The highest BCUT2D eigenvalue weighted by Gasteiger charge is 2.41. The highest BCUT2D eigenvalue weighted by atomic mass is 32.1. The topological polar surface area (TPSA) is 292 Å². The highest BCUT2D eigenvalue weighted by Crippen LogP contribution is 2.58. The summed E-state index contributed by atoms with van der Waals surface area (Å²) in [5, 5.41) is 5.70. The third kappa shape index (κ3) is 27.0. The highest BCUT2D eigenvalue weighted by molar-refractivity contribution is 7.24. The number of carbonyl (C=O) groups excluding carboxylic acids is 7. The monoisotopic (exact) mass is 2060 g/mol. The lowest BCUT2D eigenvalue weighted by Gasteiger charge is -2.22. The third-order valence-electron chi connectivity index (χ3n) is 24.1. The molecule has 30 heteroatoms. The number of thiophene rings is 2. The van der Waals surface area contributed by atoms with Crippen LogP contribution in [0.15, 0.2) is 170 Å². The Labute approximate surface area is 864 Å². The summed E-state index contributed by atoms with van der Waals surface area (Å²) in [6.07, 6.45) is 0. The summed E-state index contributed by atoms with van der Waals surface area (Å²) in [7, 11) is 0.469. The molecule has 2 aliphatic carbocycles. The fourth-order valence-electron chi connectivity index (χ4n) is 17.2. The Bertz CT molecular complexity index is 7110. The minimum absolute atomic E-state index is 0.0107. The van der Waals surface area contributed by atoms with Crippen LogP contribution in [0, 0.1) is 55.4 Å². The van der Waals surface area contributed by atoms with Gasteiger partial charge in [-0.2, -0.15) is 35.0 Å². The summed E-state index contributed by atoms with van der Waals surface area (Å²) in [5.74, 6) is -1.47. The van der Waals surface area contributed by atoms with E-state index in [4.69, 9.17) is 0 Å². The number of nitrogens with zero attached hydrogens (tertiary/aromatic N) is 9. The van der Waals surface area contributed by atoms with Crippen molar-refractivity contribution in [2.75, 3.05) is 46.2 Å². The molecule has 0 N–H and O–H groups in total. The molecule has 7 aromatic heterocycles. The first kappa shape index (κ1) is 112. The van der Waals surface area contributed by atoms with Gasteiger partial charge in [0.25, 0.3) is 0 Å². The van der Waals surface area contributed by atoms with Gasteiger partial charge in [-0.25, -0.2) is 0 Å². The second kappa shape index (κ2) is 50.4. The molecule has 0 spiro atoms. The molecule has 20 rings (SSSR count). The van der Waals surface area contributed by atoms with E-state index in [-0.39, 0.29) is 52.6 Å². The first-order valence-corrected chi connectivity index (χ1v) is 55.1. The van der Waals surface area contributed by atoms with E-state index in [1.54, 1.807) is 53.7 Å². The van der Waals surface area contributed by atoms with Crippen molar-refractivity contribution in [3.63, 3.8) is 0 Å². The number of esters is 7. The smallest absolute Gasteiger partial charge is 0.302 e. The first-order valence-electron chi connectivity index (χ1n) is 47.5. The number of carbonyl (C=O) groups is 7. The standard InChI is InChI=1S/C23H20N2S.C22H20N2SSi.C21H17N3S.C19H16N2S3.7C4H8O2/c1-13-5-8-17-18-10-7-15(12-20(18)23(3,4)19(17)11-13)16-9-6-14(2)21-22(16)25-26-24-21;1-13-5-8-17-18-10-7-15(12-20(18)26(3,4)19(17)11-13)16-9-6-14(2)21-22(16)24-25-23-21;1-12-4-7-16-17-9-6-14(11-19(17)24(3)18(16)10-12)15-8-5-13(2)20-21(15)23-25-22-20;1-9-5-6-11(16-15(9)20-24-21-16)14-8-13-18(23-14)17-12(19(13,3)4)7-10(2)22-17;7*1-3-6-4(2)5/h2*5-12H,1-4H3;4-11H,1-3H3;5-8H,1-4H3;7*3H2,1-2H3. The van der Waals surface area contributed by atoms with Crippen molar-refractivity contribution in [2.24, 2.45) is 7.05 Å². The van der Waals surface area contributed by atoms with Crippen molar-refractivity contribution in [1.29, 1.82) is 0 Å². The molecule has 3 aliphatic rings. The van der Waals surface area contributed by atoms with Gasteiger partial charge < -0.3 is 37.7 Å². The van der Waals surface area contributed by atoms with Crippen molar-refractivity contribution in [1.82, 2.24) is 39.6 Å². The molecule has 0 unspecified atom stereocenters. The molecule has 0 saturated heterocycles. The van der Waals surface area contributed by atoms with Crippen LogP contribution in [-0.2, 0) is 84.6 Å². The summed E-state index contributed by atoms with van der Waals surface area (Å²) in [5.41, 5.74) is 39.2. The summed E-state index contributed by atoms with van der Waals surface area (Å²) in [6.45, 7) is 56.9. The number of fused-ring (bicyclic) bond motifs is 16. The zero-order chi connectivity index (χ0) is 105. The Morgan fingerprint density at radius 1 is 0.294 bits per heavy atom. The molecule has 17 aromatic rings. The largest absolute Gasteiger partial charge is 0.466 e. The van der Waals surface area contributed by atoms with Gasteiger partial charge in [0.15, 0.2) is 0 Å². The van der Waals surface area contributed by atoms with E-state index >= 15 is 0 Å². The number of ether oxygens (including phenoxy) is 7. The molecule has 0 bridgehead atoms. The Morgan fingerprint density at radius 3 is 0.972 bits per heavy atom. The lowest BCUT2D eigenvalue weighted by molar-refractivity contribution is -0.141. The lowest BCUT2D eigenvalue weighted by atomic mass is 9.81. The van der Waals surface area contributed by atoms with E-state index < -0.39 is 8.07 Å². The van der Waals surface area contributed by atoms with Crippen LogP contribution in [0.4, 0.5) is 0 Å². The molecule has 8 heterocycles. The summed E-state index contributed by atoms with van der Waals surface area (Å²) >= 11 is 9.01. The van der Waals surface area contributed by atoms with Gasteiger partial charge in [0.2, 0.25) is 0 Å². The van der Waals surface area contributed by atoms with Crippen molar-refractivity contribution >= 4 is 196 Å². The summed E-state index contributed by atoms with van der Waals surface area (Å²) in [6, 6.07) is 63.0. The van der Waals surface area contributed by atoms with E-state index in [9.17, 15) is 33.6 Å². The maximum atomic E-state index is 9.82. The first-order chi connectivity index (χ1) is 67.9. The predicted octanol–water partition coefficient (Wildman–Crippen LogP) is 27.1. The van der Waals surface area contributed by atoms with Gasteiger partial charge in [-0.05, 0) is 234 Å². The van der Waals surface area contributed by atoms with Crippen LogP contribution in [0.25, 0.3) is 142 Å².